The first-order chi connectivity index (χ1) is 10.5. The topological polar surface area (TPSA) is 36.1 Å². The van der Waals surface area contributed by atoms with Crippen LogP contribution in [0, 0.1) is 6.92 Å². The molecule has 2 rings (SSSR count). The van der Waals surface area contributed by atoms with Crippen LogP contribution in [-0.4, -0.2) is 12.6 Å². The number of aryl methyl sites for hydroxylation is 1. The molecule has 0 aliphatic carbocycles. The summed E-state index contributed by atoms with van der Waals surface area (Å²) in [6, 6.07) is 8.57. The molecular formula is C19H31N3. The fraction of sp³-hybridized carbons (Fsp3) is 0.368. The smallest absolute Gasteiger partial charge is 0.102 e. The molecule has 0 bridgehead atoms. The lowest BCUT2D eigenvalue weighted by atomic mass is 9.99. The van der Waals surface area contributed by atoms with E-state index in [0.717, 1.165) is 30.2 Å². The summed E-state index contributed by atoms with van der Waals surface area (Å²) in [6.07, 6.45) is 3.33. The summed E-state index contributed by atoms with van der Waals surface area (Å²) in [7, 11) is 0. The van der Waals surface area contributed by atoms with E-state index in [1.165, 1.54) is 16.7 Å². The summed E-state index contributed by atoms with van der Waals surface area (Å²) in [5.41, 5.74) is 5.67. The highest BCUT2D eigenvalue weighted by Crippen LogP contribution is 2.23. The quantitative estimate of drug-likeness (QED) is 0.721. The third-order valence-corrected chi connectivity index (χ3v) is 3.81. The summed E-state index contributed by atoms with van der Waals surface area (Å²) < 4.78 is 0. The number of nitrogens with one attached hydrogen (secondary N) is 3. The second-order valence-corrected chi connectivity index (χ2v) is 5.92. The van der Waals surface area contributed by atoms with Gasteiger partial charge in [0.2, 0.25) is 0 Å². The predicted octanol–water partition coefficient (Wildman–Crippen LogP) is 4.56. The Kier molecular flexibility index (Phi) is 5.31. The lowest BCUT2D eigenvalue weighted by molar-refractivity contribution is 0.604. The Morgan fingerprint density at radius 1 is 1.36 bits per heavy atom. The number of allylic oxidation sites excluding steroid dienone is 2. The van der Waals surface area contributed by atoms with Gasteiger partial charge in [-0.1, -0.05) is 25.6 Å². The standard InChI is InChI=1S/C19H27N3.2H2/c1-6-10-20-19-14(3)12-18(16(5)22-19)15(4)21-17-9-7-8-13(2)11-17;;/h7-9,11-12,16,20-22H,4,6,10H2,1-3,5H3;2*1H. The highest BCUT2D eigenvalue weighted by molar-refractivity contribution is 5.56. The fourth-order valence-corrected chi connectivity index (χ4v) is 2.60. The van der Waals surface area contributed by atoms with Crippen molar-refractivity contribution in [2.45, 2.75) is 40.2 Å². The molecule has 1 unspecified atom stereocenters. The molecule has 0 radical (unpaired) electrons. The summed E-state index contributed by atoms with van der Waals surface area (Å²) in [5, 5.41) is 10.4. The molecule has 1 aliphatic rings. The van der Waals surface area contributed by atoms with Crippen molar-refractivity contribution in [3.8, 4) is 0 Å². The lowest BCUT2D eigenvalue weighted by Gasteiger charge is -2.29. The van der Waals surface area contributed by atoms with Gasteiger partial charge in [-0.3, -0.25) is 0 Å². The normalized spacial score (nSPS) is 17.6. The van der Waals surface area contributed by atoms with E-state index in [4.69, 9.17) is 0 Å². The molecule has 1 atom stereocenters. The van der Waals surface area contributed by atoms with Gasteiger partial charge in [-0.25, -0.2) is 0 Å². The third-order valence-electron chi connectivity index (χ3n) is 3.81. The zero-order chi connectivity index (χ0) is 16.1. The van der Waals surface area contributed by atoms with Crippen LogP contribution < -0.4 is 16.0 Å². The SMILES string of the molecule is C=C(Nc1cccc(C)c1)C1=CC(C)=C(NCCC)NC1C.[HH].[HH]. The van der Waals surface area contributed by atoms with Gasteiger partial charge in [0.15, 0.2) is 0 Å². The summed E-state index contributed by atoms with van der Waals surface area (Å²) >= 11 is 0. The molecule has 0 saturated carbocycles. The largest absolute Gasteiger partial charge is 0.372 e. The zero-order valence-corrected chi connectivity index (χ0v) is 14.1. The van der Waals surface area contributed by atoms with Crippen molar-refractivity contribution >= 4 is 5.69 Å². The molecule has 1 heterocycles. The number of hydrogen-bond acceptors (Lipinski definition) is 3. The van der Waals surface area contributed by atoms with Crippen LogP contribution >= 0.6 is 0 Å². The van der Waals surface area contributed by atoms with Crippen molar-refractivity contribution in [3.05, 3.63) is 65.1 Å². The van der Waals surface area contributed by atoms with Gasteiger partial charge in [0, 0.05) is 20.8 Å². The van der Waals surface area contributed by atoms with E-state index in [0.29, 0.717) is 0 Å². The summed E-state index contributed by atoms with van der Waals surface area (Å²) in [4.78, 5) is 0. The van der Waals surface area contributed by atoms with Crippen molar-refractivity contribution in [2.75, 3.05) is 11.9 Å². The molecule has 1 aliphatic heterocycles. The highest BCUT2D eigenvalue weighted by Gasteiger charge is 2.19. The Balaban J connectivity index is 0.00000264. The van der Waals surface area contributed by atoms with E-state index in [-0.39, 0.29) is 8.90 Å². The van der Waals surface area contributed by atoms with E-state index in [9.17, 15) is 0 Å². The minimum absolute atomic E-state index is 0. The van der Waals surface area contributed by atoms with Gasteiger partial charge < -0.3 is 16.0 Å². The minimum atomic E-state index is 0. The van der Waals surface area contributed by atoms with Crippen molar-refractivity contribution in [3.63, 3.8) is 0 Å². The minimum Gasteiger partial charge on any atom is -0.372 e. The molecule has 0 aromatic heterocycles. The maximum Gasteiger partial charge on any atom is 0.102 e. The van der Waals surface area contributed by atoms with E-state index >= 15 is 0 Å². The lowest BCUT2D eigenvalue weighted by Crippen LogP contribution is -2.38. The second-order valence-electron chi connectivity index (χ2n) is 5.92. The van der Waals surface area contributed by atoms with Crippen LogP contribution in [0.15, 0.2) is 59.6 Å². The van der Waals surface area contributed by atoms with Crippen molar-refractivity contribution in [1.29, 1.82) is 0 Å². The molecule has 3 heteroatoms. The maximum absolute atomic E-state index is 4.21. The van der Waals surface area contributed by atoms with Crippen molar-refractivity contribution in [1.82, 2.24) is 10.6 Å². The first kappa shape index (κ1) is 16.2. The maximum atomic E-state index is 4.21. The van der Waals surface area contributed by atoms with E-state index < -0.39 is 0 Å². The van der Waals surface area contributed by atoms with E-state index in [1.807, 2.05) is 0 Å². The number of benzene rings is 1. The Morgan fingerprint density at radius 2 is 2.14 bits per heavy atom. The van der Waals surface area contributed by atoms with Gasteiger partial charge in [-0.05, 0) is 62.1 Å². The monoisotopic (exact) mass is 301 g/mol. The van der Waals surface area contributed by atoms with Crippen LogP contribution in [0.1, 0.15) is 35.6 Å². The fourth-order valence-electron chi connectivity index (χ4n) is 2.60. The van der Waals surface area contributed by atoms with Gasteiger partial charge >= 0.3 is 0 Å². The molecule has 3 N–H and O–H groups in total. The van der Waals surface area contributed by atoms with Crippen molar-refractivity contribution < 1.29 is 2.85 Å². The summed E-state index contributed by atoms with van der Waals surface area (Å²) in [6.45, 7) is 13.7. The van der Waals surface area contributed by atoms with Gasteiger partial charge in [0.25, 0.3) is 0 Å². The van der Waals surface area contributed by atoms with Gasteiger partial charge in [-0.2, -0.15) is 0 Å². The molecule has 0 saturated heterocycles. The highest BCUT2D eigenvalue weighted by atomic mass is 15.1. The van der Waals surface area contributed by atoms with Gasteiger partial charge in [0.1, 0.15) is 5.82 Å². The molecule has 0 spiro atoms. The van der Waals surface area contributed by atoms with Gasteiger partial charge in [-0.15, -0.1) is 0 Å². The average Bonchev–Trinajstić information content (AvgIpc) is 2.47. The Bertz CT molecular complexity index is 621. The van der Waals surface area contributed by atoms with E-state index in [1.54, 1.807) is 0 Å². The van der Waals surface area contributed by atoms with Crippen LogP contribution in [0.2, 0.25) is 0 Å². The van der Waals surface area contributed by atoms with Crippen LogP contribution in [-0.2, 0) is 0 Å². The number of rotatable bonds is 6. The molecule has 22 heavy (non-hydrogen) atoms. The molecule has 1 aromatic rings. The van der Waals surface area contributed by atoms with E-state index in [2.05, 4.69) is 80.6 Å². The number of dihydropyridines is 1. The van der Waals surface area contributed by atoms with Crippen molar-refractivity contribution in [2.24, 2.45) is 0 Å². The Labute approximate surface area is 137 Å². The Morgan fingerprint density at radius 3 is 2.82 bits per heavy atom. The number of hydrogen-bond donors (Lipinski definition) is 3. The second kappa shape index (κ2) is 7.21. The first-order valence-electron chi connectivity index (χ1n) is 7.97. The van der Waals surface area contributed by atoms with Gasteiger partial charge in [0.05, 0.1) is 6.04 Å². The molecule has 0 fully saturated rings. The third kappa shape index (κ3) is 3.94. The van der Waals surface area contributed by atoms with Crippen LogP contribution in [0.5, 0.6) is 0 Å². The molecule has 1 aromatic carbocycles. The zero-order valence-electron chi connectivity index (χ0n) is 14.1. The Hall–Kier alpha value is -2.16. The molecule has 122 valence electrons. The molecule has 3 nitrogen and oxygen atoms in total. The molecule has 0 amide bonds. The summed E-state index contributed by atoms with van der Waals surface area (Å²) in [5.74, 6) is 1.13. The van der Waals surface area contributed by atoms with Crippen LogP contribution in [0.4, 0.5) is 5.69 Å². The first-order valence-corrected chi connectivity index (χ1v) is 7.97. The van der Waals surface area contributed by atoms with Crippen LogP contribution in [0.25, 0.3) is 0 Å². The van der Waals surface area contributed by atoms with Crippen LogP contribution in [0.3, 0.4) is 0 Å². The average molecular weight is 301 g/mol. The number of anilines is 1. The predicted molar refractivity (Wildman–Crippen MR) is 99.8 cm³/mol. The molecular weight excluding hydrogens is 270 g/mol.